The van der Waals surface area contributed by atoms with Gasteiger partial charge < -0.3 is 9.84 Å². The molecule has 7 heteroatoms. The first-order valence-electron chi connectivity index (χ1n) is 9.94. The van der Waals surface area contributed by atoms with Crippen molar-refractivity contribution in [3.05, 3.63) is 52.5 Å². The van der Waals surface area contributed by atoms with Crippen LogP contribution in [0, 0.1) is 11.8 Å². The minimum absolute atomic E-state index is 0.0421. The fourth-order valence-electron chi connectivity index (χ4n) is 3.51. The molecule has 0 spiro atoms. The molecule has 0 heterocycles. The summed E-state index contributed by atoms with van der Waals surface area (Å²) in [4.78, 5) is 11.9. The van der Waals surface area contributed by atoms with Gasteiger partial charge in [0.2, 0.25) is 0 Å². The molecule has 2 aromatic rings. The summed E-state index contributed by atoms with van der Waals surface area (Å²) in [5.74, 6) is -2.49. The van der Waals surface area contributed by atoms with Crippen molar-refractivity contribution in [2.45, 2.75) is 45.2 Å². The molecule has 1 unspecified atom stereocenters. The second kappa shape index (κ2) is 8.88. The minimum Gasteiger partial charge on any atom is -0.491 e. The van der Waals surface area contributed by atoms with E-state index < -0.39 is 28.6 Å². The van der Waals surface area contributed by atoms with Crippen LogP contribution >= 0.6 is 11.6 Å². The fraction of sp³-hybridized carbons (Fsp3) is 0.435. The van der Waals surface area contributed by atoms with E-state index in [-0.39, 0.29) is 30.3 Å². The van der Waals surface area contributed by atoms with Crippen molar-refractivity contribution in [3.63, 3.8) is 0 Å². The largest absolute Gasteiger partial charge is 0.491 e. The highest BCUT2D eigenvalue weighted by atomic mass is 35.5. The van der Waals surface area contributed by atoms with E-state index in [0.29, 0.717) is 17.0 Å². The van der Waals surface area contributed by atoms with E-state index in [1.54, 1.807) is 44.2 Å². The summed E-state index contributed by atoms with van der Waals surface area (Å²) >= 11 is 6.30. The summed E-state index contributed by atoms with van der Waals surface area (Å²) in [5.41, 5.74) is -0.456. The van der Waals surface area contributed by atoms with Gasteiger partial charge in [-0.25, -0.2) is 0 Å². The molecule has 3 rings (SSSR count). The first kappa shape index (κ1) is 22.5. The van der Waals surface area contributed by atoms with Gasteiger partial charge >= 0.3 is 12.1 Å². The number of hydrogen-bond donors (Lipinski definition) is 1. The number of carboxylic acids is 1. The van der Waals surface area contributed by atoms with Gasteiger partial charge in [-0.1, -0.05) is 55.8 Å². The second-order valence-electron chi connectivity index (χ2n) is 8.17. The number of ether oxygens (including phenoxy) is 1. The molecule has 1 aliphatic carbocycles. The van der Waals surface area contributed by atoms with Crippen LogP contribution in [0.3, 0.4) is 0 Å². The molecule has 1 N–H and O–H groups in total. The van der Waals surface area contributed by atoms with E-state index in [9.17, 15) is 23.1 Å². The van der Waals surface area contributed by atoms with Crippen LogP contribution in [0.25, 0.3) is 11.1 Å². The summed E-state index contributed by atoms with van der Waals surface area (Å²) in [6, 6.07) is 10.1. The molecule has 1 atom stereocenters. The highest BCUT2D eigenvalue weighted by Gasteiger charge is 2.42. The van der Waals surface area contributed by atoms with Crippen LogP contribution in [0.15, 0.2) is 36.4 Å². The van der Waals surface area contributed by atoms with Crippen molar-refractivity contribution in [1.82, 2.24) is 0 Å². The summed E-state index contributed by atoms with van der Waals surface area (Å²) in [6.45, 7) is 3.83. The third-order valence-corrected chi connectivity index (χ3v) is 5.52. The number of halogens is 4. The molecular weight excluding hydrogens is 417 g/mol. The van der Waals surface area contributed by atoms with Crippen LogP contribution in [0.1, 0.15) is 50.2 Å². The summed E-state index contributed by atoms with van der Waals surface area (Å²) in [7, 11) is 0. The smallest absolute Gasteiger partial charge is 0.418 e. The number of rotatable bonds is 8. The molecule has 0 amide bonds. The normalized spacial score (nSPS) is 15.3. The van der Waals surface area contributed by atoms with E-state index in [2.05, 4.69) is 0 Å². The SMILES string of the molecule is CC(C)CC(C(=O)O)c1cc(-c2ccccc2)c(OCC2CC2)c(Cl)c1C(F)(F)F. The lowest BCUT2D eigenvalue weighted by atomic mass is 9.85. The van der Waals surface area contributed by atoms with Gasteiger partial charge in [-0.05, 0) is 48.3 Å². The fourth-order valence-corrected chi connectivity index (χ4v) is 3.88. The van der Waals surface area contributed by atoms with Crippen LogP contribution in [-0.2, 0) is 11.0 Å². The Balaban J connectivity index is 2.26. The Morgan fingerprint density at radius 2 is 1.87 bits per heavy atom. The zero-order valence-electron chi connectivity index (χ0n) is 16.8. The van der Waals surface area contributed by atoms with Crippen molar-refractivity contribution >= 4 is 17.6 Å². The van der Waals surface area contributed by atoms with Crippen molar-refractivity contribution in [3.8, 4) is 16.9 Å². The molecule has 0 aliphatic heterocycles. The maximum Gasteiger partial charge on any atom is 0.418 e. The molecule has 0 bridgehead atoms. The topological polar surface area (TPSA) is 46.5 Å². The number of aliphatic carboxylic acids is 1. The zero-order chi connectivity index (χ0) is 22.1. The number of hydrogen-bond acceptors (Lipinski definition) is 2. The molecule has 3 nitrogen and oxygen atoms in total. The summed E-state index contributed by atoms with van der Waals surface area (Å²) < 4.78 is 48.0. The van der Waals surface area contributed by atoms with Crippen molar-refractivity contribution < 1.29 is 27.8 Å². The molecule has 2 aromatic carbocycles. The summed E-state index contributed by atoms with van der Waals surface area (Å²) in [6.07, 6.45) is -2.81. The maximum atomic E-state index is 14.1. The number of benzene rings is 2. The van der Waals surface area contributed by atoms with E-state index in [1.807, 2.05) is 0 Å². The van der Waals surface area contributed by atoms with Crippen molar-refractivity contribution in [1.29, 1.82) is 0 Å². The molecule has 1 aliphatic rings. The van der Waals surface area contributed by atoms with E-state index in [0.717, 1.165) is 12.8 Å². The third-order valence-electron chi connectivity index (χ3n) is 5.16. The van der Waals surface area contributed by atoms with Gasteiger partial charge in [0.15, 0.2) is 0 Å². The quantitative estimate of drug-likeness (QED) is 0.479. The third kappa shape index (κ3) is 5.09. The lowest BCUT2D eigenvalue weighted by molar-refractivity contribution is -0.141. The van der Waals surface area contributed by atoms with Gasteiger partial charge in [0.1, 0.15) is 5.75 Å². The Kier molecular flexibility index (Phi) is 6.65. The van der Waals surface area contributed by atoms with Gasteiger partial charge in [-0.2, -0.15) is 13.2 Å². The Labute approximate surface area is 178 Å². The number of alkyl halides is 3. The van der Waals surface area contributed by atoms with E-state index in [4.69, 9.17) is 16.3 Å². The zero-order valence-corrected chi connectivity index (χ0v) is 17.6. The molecule has 162 valence electrons. The second-order valence-corrected chi connectivity index (χ2v) is 8.55. The average molecular weight is 441 g/mol. The van der Waals surface area contributed by atoms with Gasteiger partial charge in [0.25, 0.3) is 0 Å². The standard InChI is InChI=1S/C23H24ClF3O3/c1-13(2)10-18(22(28)29)17-11-16(15-6-4-3-5-7-15)21(30-12-14-8-9-14)20(24)19(17)23(25,26)27/h3-7,11,13-14,18H,8-10,12H2,1-2H3,(H,28,29). The van der Waals surface area contributed by atoms with Crippen LogP contribution in [0.2, 0.25) is 5.02 Å². The van der Waals surface area contributed by atoms with Gasteiger partial charge in [-0.3, -0.25) is 4.79 Å². The Morgan fingerprint density at radius 3 is 2.37 bits per heavy atom. The lowest BCUT2D eigenvalue weighted by Crippen LogP contribution is -2.21. The predicted octanol–water partition coefficient (Wildman–Crippen LogP) is 7.03. The highest BCUT2D eigenvalue weighted by Crippen LogP contribution is 2.49. The van der Waals surface area contributed by atoms with Crippen LogP contribution in [0.5, 0.6) is 5.75 Å². The summed E-state index contributed by atoms with van der Waals surface area (Å²) in [5, 5.41) is 9.16. The Bertz CT molecular complexity index is 906. The highest BCUT2D eigenvalue weighted by molar-refractivity contribution is 6.33. The van der Waals surface area contributed by atoms with Gasteiger partial charge in [0, 0.05) is 5.56 Å². The number of carboxylic acid groups (broad SMARTS) is 1. The first-order chi connectivity index (χ1) is 14.1. The van der Waals surface area contributed by atoms with E-state index in [1.165, 1.54) is 6.07 Å². The molecule has 30 heavy (non-hydrogen) atoms. The molecule has 1 fully saturated rings. The van der Waals surface area contributed by atoms with Crippen LogP contribution < -0.4 is 4.74 Å². The lowest BCUT2D eigenvalue weighted by Gasteiger charge is -2.25. The maximum absolute atomic E-state index is 14.1. The minimum atomic E-state index is -4.82. The molecular formula is C23H24ClF3O3. The predicted molar refractivity (Wildman–Crippen MR) is 110 cm³/mol. The van der Waals surface area contributed by atoms with Crippen molar-refractivity contribution in [2.75, 3.05) is 6.61 Å². The molecule has 1 saturated carbocycles. The molecule has 0 aromatic heterocycles. The Morgan fingerprint density at radius 1 is 1.23 bits per heavy atom. The van der Waals surface area contributed by atoms with Gasteiger partial charge in [-0.15, -0.1) is 0 Å². The van der Waals surface area contributed by atoms with Gasteiger partial charge in [0.05, 0.1) is 23.1 Å². The van der Waals surface area contributed by atoms with E-state index >= 15 is 0 Å². The van der Waals surface area contributed by atoms with Crippen molar-refractivity contribution in [2.24, 2.45) is 11.8 Å². The molecule has 0 saturated heterocycles. The Hall–Kier alpha value is -2.21. The monoisotopic (exact) mass is 440 g/mol. The first-order valence-corrected chi connectivity index (χ1v) is 10.3. The number of carbonyl (C=O) groups is 1. The van der Waals surface area contributed by atoms with Crippen LogP contribution in [0.4, 0.5) is 13.2 Å². The molecule has 0 radical (unpaired) electrons. The average Bonchev–Trinajstić information content (AvgIpc) is 3.48. The van der Waals surface area contributed by atoms with Crippen LogP contribution in [-0.4, -0.2) is 17.7 Å².